The molecule has 0 fully saturated rings. The average molecular weight is 506 g/mol. The van der Waals surface area contributed by atoms with Crippen LogP contribution in [0.2, 0.25) is 0 Å². The summed E-state index contributed by atoms with van der Waals surface area (Å²) in [6.45, 7) is 1.68. The highest BCUT2D eigenvalue weighted by molar-refractivity contribution is 7.90. The van der Waals surface area contributed by atoms with E-state index in [0.717, 1.165) is 3.97 Å². The summed E-state index contributed by atoms with van der Waals surface area (Å²) >= 11 is 0. The summed E-state index contributed by atoms with van der Waals surface area (Å²) in [4.78, 5) is 41.6. The van der Waals surface area contributed by atoms with Crippen molar-refractivity contribution < 1.29 is 27.5 Å². The van der Waals surface area contributed by atoms with Gasteiger partial charge in [0.15, 0.2) is 11.4 Å². The molecule has 2 heterocycles. The van der Waals surface area contributed by atoms with Crippen molar-refractivity contribution in [3.63, 3.8) is 0 Å². The summed E-state index contributed by atoms with van der Waals surface area (Å²) in [5.74, 6) is -1.15. The van der Waals surface area contributed by atoms with Gasteiger partial charge >= 0.3 is 5.97 Å². The lowest BCUT2D eigenvalue weighted by Gasteiger charge is -2.12. The molecule has 1 amide bonds. The summed E-state index contributed by atoms with van der Waals surface area (Å²) in [6.07, 6.45) is 2.78. The van der Waals surface area contributed by atoms with Gasteiger partial charge in [-0.05, 0) is 35.9 Å². The van der Waals surface area contributed by atoms with Gasteiger partial charge in [0.05, 0.1) is 41.4 Å². The minimum absolute atomic E-state index is 0.0113. The Bertz CT molecular complexity index is 1560. The monoisotopic (exact) mass is 505 g/mol. The molecule has 2 aromatic heterocycles. The summed E-state index contributed by atoms with van der Waals surface area (Å²) in [7, 11) is -2.65. The van der Waals surface area contributed by atoms with Gasteiger partial charge in [0.1, 0.15) is 0 Å². The molecule has 0 bridgehead atoms. The van der Waals surface area contributed by atoms with E-state index < -0.39 is 21.9 Å². The highest BCUT2D eigenvalue weighted by atomic mass is 32.2. The number of ether oxygens (including phenoxy) is 1. The Morgan fingerprint density at radius 3 is 2.33 bits per heavy atom. The van der Waals surface area contributed by atoms with Crippen LogP contribution < -0.4 is 5.32 Å². The third kappa shape index (κ3) is 4.76. The van der Waals surface area contributed by atoms with E-state index >= 15 is 0 Å². The van der Waals surface area contributed by atoms with Crippen LogP contribution in [-0.4, -0.2) is 42.1 Å². The average Bonchev–Trinajstić information content (AvgIpc) is 3.33. The molecule has 0 saturated heterocycles. The van der Waals surface area contributed by atoms with E-state index in [1.807, 2.05) is 0 Å². The minimum atomic E-state index is -3.94. The number of carbonyl (C=O) groups is 3. The van der Waals surface area contributed by atoms with Gasteiger partial charge in [-0.15, -0.1) is 0 Å². The van der Waals surface area contributed by atoms with Crippen molar-refractivity contribution in [1.29, 1.82) is 0 Å². The molecular formula is C26H23N3O6S. The molecule has 0 aliphatic heterocycles. The van der Waals surface area contributed by atoms with Gasteiger partial charge in [-0.1, -0.05) is 37.3 Å². The number of hydrogen-bond donors (Lipinski definition) is 1. The van der Waals surface area contributed by atoms with Crippen LogP contribution in [0.1, 0.15) is 39.6 Å². The van der Waals surface area contributed by atoms with E-state index in [0.29, 0.717) is 16.5 Å². The Hall–Kier alpha value is -4.31. The Kier molecular flexibility index (Phi) is 6.98. The van der Waals surface area contributed by atoms with E-state index in [1.165, 1.54) is 37.7 Å². The highest BCUT2D eigenvalue weighted by Gasteiger charge is 2.24. The third-order valence-corrected chi connectivity index (χ3v) is 7.28. The Morgan fingerprint density at radius 2 is 1.69 bits per heavy atom. The number of hydrogen-bond acceptors (Lipinski definition) is 7. The van der Waals surface area contributed by atoms with Crippen LogP contribution in [0.3, 0.4) is 0 Å². The molecule has 0 spiro atoms. The van der Waals surface area contributed by atoms with E-state index in [1.54, 1.807) is 49.4 Å². The molecule has 2 aromatic carbocycles. The molecule has 1 N–H and O–H groups in total. The van der Waals surface area contributed by atoms with Crippen molar-refractivity contribution >= 4 is 44.4 Å². The largest absolute Gasteiger partial charge is 0.465 e. The first-order chi connectivity index (χ1) is 17.3. The number of anilines is 1. The fourth-order valence-electron chi connectivity index (χ4n) is 3.79. The molecule has 4 aromatic rings. The normalized spacial score (nSPS) is 11.3. The summed E-state index contributed by atoms with van der Waals surface area (Å²) in [6, 6.07) is 15.8. The van der Waals surface area contributed by atoms with Crippen molar-refractivity contribution in [2.24, 2.45) is 0 Å². The number of nitrogens with one attached hydrogen (secondary N) is 1. The number of amides is 1. The highest BCUT2D eigenvalue weighted by Crippen LogP contribution is 2.29. The zero-order valence-corrected chi connectivity index (χ0v) is 20.4. The van der Waals surface area contributed by atoms with Gasteiger partial charge in [0, 0.05) is 18.0 Å². The number of fused-ring (bicyclic) bond motifs is 1. The molecule has 0 aliphatic carbocycles. The van der Waals surface area contributed by atoms with Crippen molar-refractivity contribution in [2.75, 3.05) is 12.4 Å². The number of carbonyl (C=O) groups excluding carboxylic acids is 3. The zero-order valence-electron chi connectivity index (χ0n) is 19.6. The van der Waals surface area contributed by atoms with E-state index in [9.17, 15) is 22.8 Å². The van der Waals surface area contributed by atoms with Gasteiger partial charge in [0.25, 0.3) is 10.0 Å². The van der Waals surface area contributed by atoms with Gasteiger partial charge in [-0.3, -0.25) is 9.59 Å². The van der Waals surface area contributed by atoms with Gasteiger partial charge in [-0.2, -0.15) is 0 Å². The Morgan fingerprint density at radius 1 is 1.00 bits per heavy atom. The van der Waals surface area contributed by atoms with Crippen LogP contribution in [0.25, 0.3) is 11.0 Å². The molecule has 10 heteroatoms. The topological polar surface area (TPSA) is 124 Å². The molecule has 184 valence electrons. The van der Waals surface area contributed by atoms with Crippen molar-refractivity contribution in [2.45, 2.75) is 24.7 Å². The number of nitrogens with zero attached hydrogens (tertiary/aromatic N) is 2. The lowest BCUT2D eigenvalue weighted by Crippen LogP contribution is -2.18. The molecule has 0 atom stereocenters. The van der Waals surface area contributed by atoms with E-state index in [4.69, 9.17) is 0 Å². The van der Waals surface area contributed by atoms with Crippen LogP contribution in [0.15, 0.2) is 78.0 Å². The first kappa shape index (κ1) is 24.8. The molecule has 9 nitrogen and oxygen atoms in total. The second-order valence-corrected chi connectivity index (χ2v) is 9.72. The smallest absolute Gasteiger partial charge is 0.337 e. The fourth-order valence-corrected chi connectivity index (χ4v) is 5.11. The molecule has 0 unspecified atom stereocenters. The maximum Gasteiger partial charge on any atom is 0.337 e. The van der Waals surface area contributed by atoms with Gasteiger partial charge in [-0.25, -0.2) is 22.2 Å². The molecule has 0 saturated carbocycles. The van der Waals surface area contributed by atoms with Crippen molar-refractivity contribution in [3.05, 3.63) is 89.7 Å². The summed E-state index contributed by atoms with van der Waals surface area (Å²) < 4.78 is 32.0. The van der Waals surface area contributed by atoms with Crippen molar-refractivity contribution in [3.8, 4) is 0 Å². The second-order valence-electron chi connectivity index (χ2n) is 7.90. The number of rotatable bonds is 8. The minimum Gasteiger partial charge on any atom is -0.465 e. The number of methoxy groups -OCH3 is 1. The Balaban J connectivity index is 1.66. The van der Waals surface area contributed by atoms with E-state index in [-0.39, 0.29) is 40.4 Å². The number of pyridine rings is 1. The summed E-state index contributed by atoms with van der Waals surface area (Å²) in [5.41, 5.74) is 1.49. The quantitative estimate of drug-likeness (QED) is 0.285. The number of esters is 1. The van der Waals surface area contributed by atoms with Crippen LogP contribution >= 0.6 is 0 Å². The van der Waals surface area contributed by atoms with Crippen LogP contribution in [-0.2, 0) is 26.0 Å². The van der Waals surface area contributed by atoms with Crippen LogP contribution in [0.4, 0.5) is 5.69 Å². The third-order valence-electron chi connectivity index (χ3n) is 5.59. The van der Waals surface area contributed by atoms with Crippen molar-refractivity contribution in [1.82, 2.24) is 8.96 Å². The molecular weight excluding hydrogens is 482 g/mol. The zero-order chi connectivity index (χ0) is 25.9. The number of Topliss-reactive ketones (excluding diaryl/α,β-unsaturated/α-hetero) is 1. The Labute approximate surface area is 207 Å². The molecule has 0 radical (unpaired) electrons. The first-order valence-electron chi connectivity index (χ1n) is 11.1. The number of ketones is 1. The maximum absolute atomic E-state index is 13.2. The fraction of sp³-hybridized carbons (Fsp3) is 0.154. The van der Waals surface area contributed by atoms with Crippen LogP contribution in [0.5, 0.6) is 0 Å². The van der Waals surface area contributed by atoms with Gasteiger partial charge in [0.2, 0.25) is 5.91 Å². The van der Waals surface area contributed by atoms with Gasteiger partial charge < -0.3 is 10.1 Å². The maximum atomic E-state index is 13.2. The van der Waals surface area contributed by atoms with E-state index in [2.05, 4.69) is 15.0 Å². The number of benzene rings is 2. The predicted octanol–water partition coefficient (Wildman–Crippen LogP) is 3.83. The molecule has 36 heavy (non-hydrogen) atoms. The first-order valence-corrected chi connectivity index (χ1v) is 12.5. The standard InChI is InChI=1S/C26H23N3O6S/c1-3-22(30)24-20-13-14-29(36(33,34)19-7-5-4-6-8-19)25(20)27-16-21(24)28-23(31)15-17-9-11-18(12-10-17)26(32)35-2/h4-14,16H,3,15H2,1-2H3,(H,28,31). The number of aromatic nitrogens is 2. The summed E-state index contributed by atoms with van der Waals surface area (Å²) in [5, 5.41) is 3.04. The predicted molar refractivity (Wildman–Crippen MR) is 133 cm³/mol. The van der Waals surface area contributed by atoms with Crippen LogP contribution in [0, 0.1) is 0 Å². The lowest BCUT2D eigenvalue weighted by molar-refractivity contribution is -0.115. The molecule has 0 aliphatic rings. The lowest BCUT2D eigenvalue weighted by atomic mass is 10.0. The second kappa shape index (κ2) is 10.1. The SMILES string of the molecule is CCC(=O)c1c(NC(=O)Cc2ccc(C(=O)OC)cc2)cnc2c1ccn2S(=O)(=O)c1ccccc1. The molecule has 4 rings (SSSR count).